The number of hydrogen-bond donors (Lipinski definition) is 1. The first-order valence-electron chi connectivity index (χ1n) is 14.9. The third-order valence-corrected chi connectivity index (χ3v) is 10.6. The van der Waals surface area contributed by atoms with Crippen LogP contribution in [0.2, 0.25) is 0 Å². The third-order valence-electron chi connectivity index (χ3n) is 7.47. The molecule has 0 saturated carbocycles. The van der Waals surface area contributed by atoms with Crippen LogP contribution in [0.4, 0.5) is 26.2 Å². The number of rotatable bonds is 10. The summed E-state index contributed by atoms with van der Waals surface area (Å²) in [5.41, 5.74) is 2.80. The highest BCUT2D eigenvalue weighted by molar-refractivity contribution is 7.90. The fraction of sp³-hybridized carbons (Fsp3) is 0.273. The van der Waals surface area contributed by atoms with E-state index in [9.17, 15) is 17.2 Å². The fourth-order valence-corrected chi connectivity index (χ4v) is 7.71. The molecule has 6 rings (SSSR count). The summed E-state index contributed by atoms with van der Waals surface area (Å²) in [5, 5.41) is 4.08. The molecule has 0 atom stereocenters. The summed E-state index contributed by atoms with van der Waals surface area (Å²) < 4.78 is 65.9. The van der Waals surface area contributed by atoms with Gasteiger partial charge in [0.1, 0.15) is 33.8 Å². The maximum Gasteiger partial charge on any atom is 0.227 e. The predicted octanol–water partition coefficient (Wildman–Crippen LogP) is 6.63. The van der Waals surface area contributed by atoms with E-state index in [-0.39, 0.29) is 5.92 Å². The van der Waals surface area contributed by atoms with E-state index in [1.807, 2.05) is 26.0 Å². The summed E-state index contributed by atoms with van der Waals surface area (Å²) in [6.07, 6.45) is 3.32. The van der Waals surface area contributed by atoms with Gasteiger partial charge in [-0.2, -0.15) is 0 Å². The van der Waals surface area contributed by atoms with Crippen LogP contribution in [0.25, 0.3) is 21.8 Å². The van der Waals surface area contributed by atoms with E-state index in [1.54, 1.807) is 43.8 Å². The van der Waals surface area contributed by atoms with E-state index in [0.29, 0.717) is 53.1 Å². The van der Waals surface area contributed by atoms with Gasteiger partial charge in [-0.3, -0.25) is 0 Å². The van der Waals surface area contributed by atoms with E-state index < -0.39 is 32.1 Å². The number of ether oxygens (including phenoxy) is 2. The van der Waals surface area contributed by atoms with E-state index in [4.69, 9.17) is 19.4 Å². The largest absolute Gasteiger partial charge is 0.494 e. The summed E-state index contributed by atoms with van der Waals surface area (Å²) in [6, 6.07) is 13.4. The smallest absolute Gasteiger partial charge is 0.227 e. The number of nitrogens with one attached hydrogen (secondary N) is 1. The summed E-state index contributed by atoms with van der Waals surface area (Å²) in [7, 11) is -2.73. The Bertz CT molecular complexity index is 2000. The average molecular weight is 679 g/mol. The van der Waals surface area contributed by atoms with Crippen LogP contribution in [0.15, 0.2) is 71.9 Å². The molecule has 1 N–H and O–H groups in total. The molecule has 0 spiro atoms. The Kier molecular flexibility index (Phi) is 9.43. The Labute approximate surface area is 275 Å². The minimum atomic E-state index is -4.31. The van der Waals surface area contributed by atoms with E-state index >= 15 is 0 Å². The van der Waals surface area contributed by atoms with Crippen LogP contribution in [-0.4, -0.2) is 61.8 Å². The molecule has 0 bridgehead atoms. The Hall–Kier alpha value is -4.53. The van der Waals surface area contributed by atoms with Gasteiger partial charge in [0, 0.05) is 36.8 Å². The molecule has 2 aromatic carbocycles. The lowest BCUT2D eigenvalue weighted by atomic mass is 10.1. The van der Waals surface area contributed by atoms with Gasteiger partial charge in [0.2, 0.25) is 5.95 Å². The lowest BCUT2D eigenvalue weighted by Crippen LogP contribution is -2.36. The molecule has 0 aliphatic carbocycles. The number of aromatic nitrogens is 4. The number of pyridine rings is 1. The lowest BCUT2D eigenvalue weighted by molar-refractivity contribution is 0.122. The number of morpholine rings is 1. The van der Waals surface area contributed by atoms with Crippen LogP contribution in [0.1, 0.15) is 30.3 Å². The molecule has 1 aliphatic rings. The fourth-order valence-electron chi connectivity index (χ4n) is 5.15. The van der Waals surface area contributed by atoms with Crippen LogP contribution < -0.4 is 15.0 Å². The van der Waals surface area contributed by atoms with Gasteiger partial charge in [-0.25, -0.2) is 37.1 Å². The molecule has 1 saturated heterocycles. The van der Waals surface area contributed by atoms with Crippen molar-refractivity contribution in [2.75, 3.05) is 43.6 Å². The van der Waals surface area contributed by atoms with Crippen molar-refractivity contribution in [1.29, 1.82) is 0 Å². The second-order valence-corrected chi connectivity index (χ2v) is 14.1. The van der Waals surface area contributed by atoms with Crippen LogP contribution in [0, 0.1) is 11.6 Å². The van der Waals surface area contributed by atoms with E-state index in [2.05, 4.69) is 20.2 Å². The summed E-state index contributed by atoms with van der Waals surface area (Å²) >= 11 is 1.48. The molecule has 10 nitrogen and oxygen atoms in total. The van der Waals surface area contributed by atoms with Gasteiger partial charge in [0.25, 0.3) is 0 Å². The maximum absolute atomic E-state index is 14.4. The normalized spacial score (nSPS) is 13.6. The van der Waals surface area contributed by atoms with Crippen LogP contribution in [-0.2, 0) is 20.3 Å². The minimum Gasteiger partial charge on any atom is -0.494 e. The Morgan fingerprint density at radius 2 is 1.77 bits per heavy atom. The van der Waals surface area contributed by atoms with Crippen molar-refractivity contribution in [3.63, 3.8) is 0 Å². The van der Waals surface area contributed by atoms with E-state index in [0.717, 1.165) is 47.0 Å². The molecular weight excluding hydrogens is 647 g/mol. The van der Waals surface area contributed by atoms with Crippen molar-refractivity contribution in [3.8, 4) is 27.6 Å². The highest BCUT2D eigenvalue weighted by atomic mass is 32.2. The van der Waals surface area contributed by atoms with Crippen LogP contribution in [0.3, 0.4) is 0 Å². The number of hydrogen-bond acceptors (Lipinski definition) is 11. The molecule has 244 valence electrons. The van der Waals surface area contributed by atoms with Crippen molar-refractivity contribution in [1.82, 2.24) is 19.9 Å². The zero-order valence-corrected chi connectivity index (χ0v) is 27.5. The SMILES string of the molecule is COc1cc(N2CCOCC2)ncc1Nc1nccc(-c2sc(C(C)C)nc2-c2cccc(CS(=O)(=O)c3c(F)cccc3F)c2)n1. The molecule has 1 aliphatic heterocycles. The lowest BCUT2D eigenvalue weighted by Gasteiger charge is -2.28. The van der Waals surface area contributed by atoms with Gasteiger partial charge < -0.3 is 19.7 Å². The van der Waals surface area contributed by atoms with Gasteiger partial charge in [0.05, 0.1) is 53.5 Å². The number of halogens is 2. The third kappa shape index (κ3) is 7.09. The average Bonchev–Trinajstić information content (AvgIpc) is 3.52. The molecule has 5 aromatic rings. The standard InChI is InChI=1S/C33H32F2N6O4S2/c1-20(2)32-40-29(22-7-4-6-21(16-22)19-47(42,43)31-23(34)8-5-9-24(31)35)30(46-32)25-10-11-36-33(38-25)39-26-18-37-28(17-27(26)44-3)41-12-14-45-15-13-41/h4-11,16-18,20H,12-15,19H2,1-3H3,(H,36,38,39). The molecule has 3 aromatic heterocycles. The Morgan fingerprint density at radius 3 is 2.49 bits per heavy atom. The molecule has 0 amide bonds. The molecule has 14 heteroatoms. The van der Waals surface area contributed by atoms with Gasteiger partial charge in [0.15, 0.2) is 9.84 Å². The maximum atomic E-state index is 14.4. The second kappa shape index (κ2) is 13.7. The topological polar surface area (TPSA) is 119 Å². The molecule has 0 unspecified atom stereocenters. The zero-order chi connectivity index (χ0) is 33.1. The van der Waals surface area contributed by atoms with Crippen molar-refractivity contribution in [3.05, 3.63) is 89.2 Å². The summed E-state index contributed by atoms with van der Waals surface area (Å²) in [5.74, 6) is -1.04. The predicted molar refractivity (Wildman–Crippen MR) is 177 cm³/mol. The number of anilines is 3. The first-order chi connectivity index (χ1) is 22.6. The number of sulfone groups is 1. The molecule has 47 heavy (non-hydrogen) atoms. The van der Waals surface area contributed by atoms with Crippen molar-refractivity contribution < 1.29 is 26.7 Å². The Balaban J connectivity index is 1.31. The number of thiazole rings is 1. The molecule has 4 heterocycles. The first-order valence-corrected chi connectivity index (χ1v) is 17.3. The van der Waals surface area contributed by atoms with Crippen molar-refractivity contribution in [2.24, 2.45) is 0 Å². The zero-order valence-electron chi connectivity index (χ0n) is 25.9. The van der Waals surface area contributed by atoms with Gasteiger partial charge in [-0.05, 0) is 29.8 Å². The number of benzene rings is 2. The minimum absolute atomic E-state index is 0.111. The van der Waals surface area contributed by atoms with Crippen LogP contribution in [0.5, 0.6) is 5.75 Å². The van der Waals surface area contributed by atoms with Crippen LogP contribution >= 0.6 is 11.3 Å². The summed E-state index contributed by atoms with van der Waals surface area (Å²) in [6.45, 7) is 6.83. The molecule has 0 radical (unpaired) electrons. The molecule has 1 fully saturated rings. The van der Waals surface area contributed by atoms with Gasteiger partial charge in [-0.1, -0.05) is 38.1 Å². The second-order valence-electron chi connectivity index (χ2n) is 11.1. The molecular formula is C33H32F2N6O4S2. The first kappa shape index (κ1) is 32.4. The van der Waals surface area contributed by atoms with Crippen molar-refractivity contribution >= 4 is 38.6 Å². The highest BCUT2D eigenvalue weighted by Gasteiger charge is 2.25. The number of methoxy groups -OCH3 is 1. The monoisotopic (exact) mass is 678 g/mol. The Morgan fingerprint density at radius 1 is 1.02 bits per heavy atom. The number of nitrogens with zero attached hydrogens (tertiary/aromatic N) is 5. The summed E-state index contributed by atoms with van der Waals surface area (Å²) in [4.78, 5) is 20.7. The van der Waals surface area contributed by atoms with E-state index in [1.165, 1.54) is 11.3 Å². The van der Waals surface area contributed by atoms with Crippen molar-refractivity contribution in [2.45, 2.75) is 30.4 Å². The highest BCUT2D eigenvalue weighted by Crippen LogP contribution is 2.39. The quantitative estimate of drug-likeness (QED) is 0.173. The van der Waals surface area contributed by atoms with Gasteiger partial charge in [-0.15, -0.1) is 11.3 Å². The van der Waals surface area contributed by atoms with Gasteiger partial charge >= 0.3 is 0 Å².